The molecule has 1 saturated carbocycles. The van der Waals surface area contributed by atoms with E-state index in [9.17, 15) is 0 Å². The number of likely N-dealkylation sites (tertiary alicyclic amines) is 1. The van der Waals surface area contributed by atoms with Crippen LogP contribution in [0.5, 0.6) is 5.75 Å². The molecule has 27 heavy (non-hydrogen) atoms. The summed E-state index contributed by atoms with van der Waals surface area (Å²) in [5, 5.41) is 0.758. The highest BCUT2D eigenvalue weighted by atomic mass is 35.5. The molecule has 1 aromatic rings. The average Bonchev–Trinajstić information content (AvgIpc) is 3.09. The normalized spacial score (nSPS) is 26.0. The van der Waals surface area contributed by atoms with Gasteiger partial charge in [0.15, 0.2) is 0 Å². The van der Waals surface area contributed by atoms with Crippen LogP contribution in [0.2, 0.25) is 5.02 Å². The fourth-order valence-electron chi connectivity index (χ4n) is 4.19. The minimum Gasteiger partial charge on any atom is -0.489 e. The lowest BCUT2D eigenvalue weighted by atomic mass is 9.82. The van der Waals surface area contributed by atoms with Gasteiger partial charge >= 0.3 is 0 Å². The highest BCUT2D eigenvalue weighted by Gasteiger charge is 2.32. The summed E-state index contributed by atoms with van der Waals surface area (Å²) in [7, 11) is 0. The van der Waals surface area contributed by atoms with Gasteiger partial charge in [0.2, 0.25) is 0 Å². The second-order valence-electron chi connectivity index (χ2n) is 7.74. The summed E-state index contributed by atoms with van der Waals surface area (Å²) < 4.78 is 11.6. The molecule has 3 aliphatic rings. The third-order valence-electron chi connectivity index (χ3n) is 5.71. The summed E-state index contributed by atoms with van der Waals surface area (Å²) in [5.41, 5.74) is 1.29. The van der Waals surface area contributed by atoms with Crippen LogP contribution in [0.25, 0.3) is 0 Å². The van der Waals surface area contributed by atoms with Crippen molar-refractivity contribution < 1.29 is 9.47 Å². The van der Waals surface area contributed by atoms with Gasteiger partial charge in [0, 0.05) is 26.2 Å². The Bertz CT molecular complexity index is 572. The summed E-state index contributed by atoms with van der Waals surface area (Å²) in [6.45, 7) is 8.53. The Morgan fingerprint density at radius 2 is 1.70 bits per heavy atom. The van der Waals surface area contributed by atoms with Crippen LogP contribution in [0.3, 0.4) is 0 Å². The standard InChI is InChI=1S/C20H29ClN2O2.2ClH/c21-19-13-16(14-22-5-1-2-6-22)3-4-20(19)25-18-11-17(12-18)15-23-7-9-24-10-8-23;;/h3-4,13,17-18H,1-2,5-12,14-15H2;2*1H. The van der Waals surface area contributed by atoms with E-state index in [0.29, 0.717) is 6.10 Å². The fourth-order valence-corrected chi connectivity index (χ4v) is 4.43. The first-order chi connectivity index (χ1) is 12.3. The first kappa shape index (κ1) is 23.1. The Kier molecular flexibility index (Phi) is 9.46. The molecule has 0 atom stereocenters. The molecule has 0 amide bonds. The molecule has 4 rings (SSSR count). The van der Waals surface area contributed by atoms with E-state index in [1.807, 2.05) is 0 Å². The van der Waals surface area contributed by atoms with Gasteiger partial charge in [0.05, 0.1) is 24.3 Å². The molecule has 4 nitrogen and oxygen atoms in total. The SMILES string of the molecule is Cl.Cl.Clc1cc(CN2CCCC2)ccc1OC1CC(CN2CCOCC2)C1. The number of morpholine rings is 1. The quantitative estimate of drug-likeness (QED) is 0.663. The molecule has 0 N–H and O–H groups in total. The minimum absolute atomic E-state index is 0. The van der Waals surface area contributed by atoms with Crippen LogP contribution >= 0.6 is 36.4 Å². The zero-order chi connectivity index (χ0) is 17.1. The van der Waals surface area contributed by atoms with Crippen molar-refractivity contribution in [3.63, 3.8) is 0 Å². The second-order valence-corrected chi connectivity index (χ2v) is 8.15. The van der Waals surface area contributed by atoms with Crippen LogP contribution in [-0.4, -0.2) is 61.8 Å². The van der Waals surface area contributed by atoms with E-state index in [4.69, 9.17) is 21.1 Å². The molecule has 0 radical (unpaired) electrons. The van der Waals surface area contributed by atoms with Crippen LogP contribution in [-0.2, 0) is 11.3 Å². The topological polar surface area (TPSA) is 24.9 Å². The molecule has 0 unspecified atom stereocenters. The molecular formula is C20H31Cl3N2O2. The van der Waals surface area contributed by atoms with E-state index < -0.39 is 0 Å². The maximum Gasteiger partial charge on any atom is 0.138 e. The van der Waals surface area contributed by atoms with Crippen molar-refractivity contribution in [2.75, 3.05) is 45.9 Å². The van der Waals surface area contributed by atoms with Crippen LogP contribution in [0, 0.1) is 5.92 Å². The number of hydrogen-bond acceptors (Lipinski definition) is 4. The number of halogens is 3. The van der Waals surface area contributed by atoms with Crippen molar-refractivity contribution in [1.82, 2.24) is 9.80 Å². The van der Waals surface area contributed by atoms with E-state index in [1.54, 1.807) is 0 Å². The molecule has 0 spiro atoms. The molecule has 2 saturated heterocycles. The number of hydrogen-bond donors (Lipinski definition) is 0. The second kappa shape index (κ2) is 11.1. The van der Waals surface area contributed by atoms with Gasteiger partial charge in [-0.15, -0.1) is 24.8 Å². The molecule has 2 heterocycles. The van der Waals surface area contributed by atoms with E-state index in [2.05, 4.69) is 28.0 Å². The van der Waals surface area contributed by atoms with Crippen molar-refractivity contribution in [1.29, 1.82) is 0 Å². The maximum absolute atomic E-state index is 6.47. The first-order valence-corrected chi connectivity index (χ1v) is 10.1. The smallest absolute Gasteiger partial charge is 0.138 e. The molecule has 154 valence electrons. The lowest BCUT2D eigenvalue weighted by Gasteiger charge is -2.39. The highest BCUT2D eigenvalue weighted by Crippen LogP contribution is 2.35. The number of nitrogens with zero attached hydrogens (tertiary/aromatic N) is 2. The number of rotatable bonds is 6. The van der Waals surface area contributed by atoms with Gasteiger partial charge in [0.25, 0.3) is 0 Å². The predicted octanol–water partition coefficient (Wildman–Crippen LogP) is 4.27. The fraction of sp³-hybridized carbons (Fsp3) is 0.700. The Balaban J connectivity index is 0.00000131. The Morgan fingerprint density at radius 3 is 2.37 bits per heavy atom. The van der Waals surface area contributed by atoms with Crippen LogP contribution in [0.4, 0.5) is 0 Å². The van der Waals surface area contributed by atoms with Crippen LogP contribution < -0.4 is 4.74 Å². The molecule has 1 aromatic carbocycles. The third kappa shape index (κ3) is 6.38. The van der Waals surface area contributed by atoms with Gasteiger partial charge in [-0.2, -0.15) is 0 Å². The average molecular weight is 438 g/mol. The lowest BCUT2D eigenvalue weighted by molar-refractivity contribution is 0.000153. The summed E-state index contributed by atoms with van der Waals surface area (Å²) in [4.78, 5) is 5.01. The molecule has 1 aliphatic carbocycles. The van der Waals surface area contributed by atoms with E-state index in [1.165, 1.54) is 38.0 Å². The Labute approximate surface area is 180 Å². The minimum atomic E-state index is 0. The van der Waals surface area contributed by atoms with Crippen molar-refractivity contribution in [2.24, 2.45) is 5.92 Å². The molecule has 0 aromatic heterocycles. The van der Waals surface area contributed by atoms with Gasteiger partial charge in [-0.3, -0.25) is 9.80 Å². The van der Waals surface area contributed by atoms with E-state index >= 15 is 0 Å². The van der Waals surface area contributed by atoms with Crippen LogP contribution in [0.1, 0.15) is 31.2 Å². The van der Waals surface area contributed by atoms with Gasteiger partial charge in [-0.25, -0.2) is 0 Å². The van der Waals surface area contributed by atoms with Gasteiger partial charge in [-0.05, 0) is 62.4 Å². The molecule has 0 bridgehead atoms. The highest BCUT2D eigenvalue weighted by molar-refractivity contribution is 6.32. The van der Waals surface area contributed by atoms with Crippen molar-refractivity contribution in [3.05, 3.63) is 28.8 Å². The maximum atomic E-state index is 6.47. The Hall–Kier alpha value is -0.230. The zero-order valence-corrected chi connectivity index (χ0v) is 18.2. The summed E-state index contributed by atoms with van der Waals surface area (Å²) >= 11 is 6.47. The molecular weight excluding hydrogens is 407 g/mol. The number of ether oxygens (including phenoxy) is 2. The van der Waals surface area contributed by atoms with Crippen molar-refractivity contribution in [3.8, 4) is 5.75 Å². The van der Waals surface area contributed by atoms with E-state index in [-0.39, 0.29) is 24.8 Å². The number of benzene rings is 1. The summed E-state index contributed by atoms with van der Waals surface area (Å²) in [6.07, 6.45) is 5.25. The molecule has 3 fully saturated rings. The molecule has 7 heteroatoms. The monoisotopic (exact) mass is 436 g/mol. The third-order valence-corrected chi connectivity index (χ3v) is 6.00. The van der Waals surface area contributed by atoms with Gasteiger partial charge < -0.3 is 9.47 Å². The van der Waals surface area contributed by atoms with Crippen molar-refractivity contribution in [2.45, 2.75) is 38.3 Å². The van der Waals surface area contributed by atoms with Crippen molar-refractivity contribution >= 4 is 36.4 Å². The van der Waals surface area contributed by atoms with E-state index in [0.717, 1.165) is 62.4 Å². The first-order valence-electron chi connectivity index (χ1n) is 9.74. The predicted molar refractivity (Wildman–Crippen MR) is 115 cm³/mol. The van der Waals surface area contributed by atoms with Gasteiger partial charge in [-0.1, -0.05) is 17.7 Å². The summed E-state index contributed by atoms with van der Waals surface area (Å²) in [5.74, 6) is 1.61. The largest absolute Gasteiger partial charge is 0.489 e. The molecule has 2 aliphatic heterocycles. The lowest BCUT2D eigenvalue weighted by Crippen LogP contribution is -2.45. The summed E-state index contributed by atoms with van der Waals surface area (Å²) in [6, 6.07) is 6.31. The Morgan fingerprint density at radius 1 is 1.00 bits per heavy atom. The zero-order valence-electron chi connectivity index (χ0n) is 15.8. The van der Waals surface area contributed by atoms with Crippen LogP contribution in [0.15, 0.2) is 18.2 Å². The van der Waals surface area contributed by atoms with Gasteiger partial charge in [0.1, 0.15) is 5.75 Å².